The van der Waals surface area contributed by atoms with Gasteiger partial charge in [-0.25, -0.2) is 20.8 Å². The minimum Gasteiger partial charge on any atom is -0.386 e. The third kappa shape index (κ3) is 4.14. The van der Waals surface area contributed by atoms with Crippen molar-refractivity contribution in [2.75, 3.05) is 5.01 Å². The van der Waals surface area contributed by atoms with E-state index < -0.39 is 11.1 Å². The van der Waals surface area contributed by atoms with Gasteiger partial charge in [0.25, 0.3) is 11.8 Å². The Morgan fingerprint density at radius 3 is 2.16 bits per heavy atom. The van der Waals surface area contributed by atoms with Crippen molar-refractivity contribution < 1.29 is 14.7 Å². The second kappa shape index (κ2) is 10.2. The van der Waals surface area contributed by atoms with Gasteiger partial charge < -0.3 is 5.11 Å². The number of fused-ring (bicyclic) bond motifs is 2. The molecule has 4 aromatic rings. The van der Waals surface area contributed by atoms with E-state index in [2.05, 4.69) is 11.6 Å². The molecular weight excluding hydrogens is 550 g/mol. The van der Waals surface area contributed by atoms with Gasteiger partial charge in [0.05, 0.1) is 28.0 Å². The lowest BCUT2D eigenvalue weighted by atomic mass is 9.60. The van der Waals surface area contributed by atoms with Crippen LogP contribution in [0.4, 0.5) is 5.82 Å². The summed E-state index contributed by atoms with van der Waals surface area (Å²) in [4.78, 5) is 38.1. The zero-order valence-corrected chi connectivity index (χ0v) is 24.3. The number of carbonyl (C=O) groups is 2. The van der Waals surface area contributed by atoms with Crippen molar-refractivity contribution in [3.05, 3.63) is 132 Å². The Hall–Kier alpha value is -5.18. The highest BCUT2D eigenvalue weighted by atomic mass is 16.3. The molecule has 3 aromatic carbocycles. The SMILES string of the molecule is C=CC1(O)CC(c2ccc(-c3nc4c(cc3-c3ccccc3)C=N/C(=C/CC)N4N)cc2)(N2C(=O)c3ccccc3C2=O)C1. The van der Waals surface area contributed by atoms with Crippen LogP contribution in [0.2, 0.25) is 0 Å². The number of hydrogen-bond donors (Lipinski definition) is 2. The molecule has 0 saturated heterocycles. The summed E-state index contributed by atoms with van der Waals surface area (Å²) in [6.07, 6.45) is 6.33. The monoisotopic (exact) mass is 581 g/mol. The van der Waals surface area contributed by atoms with Crippen LogP contribution < -0.4 is 10.9 Å². The van der Waals surface area contributed by atoms with Gasteiger partial charge in [0.15, 0.2) is 5.82 Å². The van der Waals surface area contributed by atoms with Gasteiger partial charge in [-0.2, -0.15) is 0 Å². The summed E-state index contributed by atoms with van der Waals surface area (Å²) in [7, 11) is 0. The number of hydrogen-bond acceptors (Lipinski definition) is 7. The van der Waals surface area contributed by atoms with Crippen LogP contribution in [0.3, 0.4) is 0 Å². The maximum Gasteiger partial charge on any atom is 0.262 e. The first-order chi connectivity index (χ1) is 21.3. The van der Waals surface area contributed by atoms with Gasteiger partial charge in [-0.15, -0.1) is 6.58 Å². The minimum atomic E-state index is -1.19. The van der Waals surface area contributed by atoms with Crippen molar-refractivity contribution in [2.24, 2.45) is 10.8 Å². The van der Waals surface area contributed by atoms with Crippen LogP contribution in [-0.4, -0.2) is 38.6 Å². The third-order valence-corrected chi connectivity index (χ3v) is 8.81. The summed E-state index contributed by atoms with van der Waals surface area (Å²) in [6.45, 7) is 5.82. The largest absolute Gasteiger partial charge is 0.386 e. The zero-order chi connectivity index (χ0) is 30.6. The van der Waals surface area contributed by atoms with Crippen LogP contribution in [-0.2, 0) is 5.54 Å². The number of allylic oxidation sites excluding steroid dienone is 1. The van der Waals surface area contributed by atoms with Gasteiger partial charge in [0.2, 0.25) is 0 Å². The van der Waals surface area contributed by atoms with Gasteiger partial charge in [-0.3, -0.25) is 14.5 Å². The fourth-order valence-electron chi connectivity index (χ4n) is 6.62. The Morgan fingerprint density at radius 1 is 0.909 bits per heavy atom. The predicted molar refractivity (Wildman–Crippen MR) is 171 cm³/mol. The summed E-state index contributed by atoms with van der Waals surface area (Å²) in [5, 5.41) is 12.6. The van der Waals surface area contributed by atoms with E-state index in [1.54, 1.807) is 30.5 Å². The molecule has 2 amide bonds. The molecule has 2 aliphatic heterocycles. The smallest absolute Gasteiger partial charge is 0.262 e. The van der Waals surface area contributed by atoms with E-state index in [9.17, 15) is 14.7 Å². The number of pyridine rings is 1. The summed E-state index contributed by atoms with van der Waals surface area (Å²) in [5.41, 5.74) is 3.57. The summed E-state index contributed by atoms with van der Waals surface area (Å²) in [6, 6.07) is 26.6. The normalized spacial score (nSPS) is 23.0. The molecule has 218 valence electrons. The second-order valence-corrected chi connectivity index (χ2v) is 11.5. The molecule has 1 saturated carbocycles. The number of anilines is 1. The van der Waals surface area contributed by atoms with Crippen molar-refractivity contribution >= 4 is 23.8 Å². The van der Waals surface area contributed by atoms with Crippen molar-refractivity contribution in [1.29, 1.82) is 0 Å². The molecule has 0 spiro atoms. The van der Waals surface area contributed by atoms with Crippen molar-refractivity contribution in [2.45, 2.75) is 37.3 Å². The Balaban J connectivity index is 1.33. The van der Waals surface area contributed by atoms with E-state index in [1.807, 2.05) is 73.7 Å². The number of nitrogens with two attached hydrogens (primary N) is 1. The van der Waals surface area contributed by atoms with Gasteiger partial charge in [-0.1, -0.05) is 79.7 Å². The molecule has 1 fully saturated rings. The number of nitrogens with zero attached hydrogens (tertiary/aromatic N) is 4. The highest BCUT2D eigenvalue weighted by Gasteiger charge is 2.61. The lowest BCUT2D eigenvalue weighted by Crippen LogP contribution is -2.63. The molecule has 0 unspecified atom stereocenters. The Kier molecular flexibility index (Phi) is 6.42. The van der Waals surface area contributed by atoms with Gasteiger partial charge >= 0.3 is 0 Å². The van der Waals surface area contributed by atoms with E-state index >= 15 is 0 Å². The maximum absolute atomic E-state index is 13.6. The lowest BCUT2D eigenvalue weighted by molar-refractivity contribution is -0.0989. The maximum atomic E-state index is 13.6. The molecule has 0 bridgehead atoms. The van der Waals surface area contributed by atoms with E-state index in [-0.39, 0.29) is 24.7 Å². The molecule has 8 nitrogen and oxygen atoms in total. The first-order valence-corrected chi connectivity index (χ1v) is 14.6. The van der Waals surface area contributed by atoms with Crippen LogP contribution in [0.15, 0.2) is 114 Å². The number of hydrazine groups is 1. The molecule has 7 rings (SSSR count). The van der Waals surface area contributed by atoms with Crippen molar-refractivity contribution in [3.63, 3.8) is 0 Å². The van der Waals surface area contributed by atoms with Crippen LogP contribution in [0.25, 0.3) is 22.4 Å². The number of aromatic nitrogens is 1. The Morgan fingerprint density at radius 2 is 1.55 bits per heavy atom. The number of rotatable bonds is 6. The molecule has 3 aliphatic rings. The number of aliphatic hydroxyl groups is 1. The quantitative estimate of drug-likeness (QED) is 0.165. The van der Waals surface area contributed by atoms with Gasteiger partial charge in [0, 0.05) is 35.7 Å². The topological polar surface area (TPSA) is 112 Å². The molecule has 3 N–H and O–H groups in total. The van der Waals surface area contributed by atoms with E-state index in [4.69, 9.17) is 10.8 Å². The highest BCUT2D eigenvalue weighted by Crippen LogP contribution is 2.55. The summed E-state index contributed by atoms with van der Waals surface area (Å²) in [5.74, 6) is 6.99. The van der Waals surface area contributed by atoms with E-state index in [1.165, 1.54) is 16.0 Å². The second-order valence-electron chi connectivity index (χ2n) is 11.5. The summed E-state index contributed by atoms with van der Waals surface area (Å²) >= 11 is 0. The van der Waals surface area contributed by atoms with Crippen LogP contribution >= 0.6 is 0 Å². The standard InChI is InChI=1S/C36H31N5O3/c1-3-10-30-38-20-25-19-29(23-11-6-5-7-12-23)31(39-32(25)41(30)37)24-15-17-26(18-16-24)36(21-35(44,4-2)22-36)40-33(42)27-13-8-9-14-28(27)34(40)43/h4-20,44H,2-3,21-22,37H2,1H3/b30-10-. The van der Waals surface area contributed by atoms with E-state index in [0.717, 1.165) is 39.9 Å². The van der Waals surface area contributed by atoms with Crippen molar-refractivity contribution in [1.82, 2.24) is 9.88 Å². The fourth-order valence-corrected chi connectivity index (χ4v) is 6.62. The lowest BCUT2D eigenvalue weighted by Gasteiger charge is -2.55. The highest BCUT2D eigenvalue weighted by molar-refractivity contribution is 6.22. The van der Waals surface area contributed by atoms with Crippen LogP contribution in [0.5, 0.6) is 0 Å². The number of amides is 2. The molecule has 3 heterocycles. The van der Waals surface area contributed by atoms with E-state index in [0.29, 0.717) is 22.8 Å². The Bertz CT molecular complexity index is 1850. The Labute approximate surface area is 255 Å². The van der Waals surface area contributed by atoms with Crippen molar-refractivity contribution in [3.8, 4) is 22.4 Å². The molecule has 44 heavy (non-hydrogen) atoms. The first kappa shape index (κ1) is 27.6. The van der Waals surface area contributed by atoms with Gasteiger partial charge in [0.1, 0.15) is 5.82 Å². The zero-order valence-electron chi connectivity index (χ0n) is 24.3. The molecule has 1 aromatic heterocycles. The number of imide groups is 1. The molecule has 8 heteroatoms. The molecule has 0 atom stereocenters. The molecule has 1 aliphatic carbocycles. The van der Waals surface area contributed by atoms with Crippen LogP contribution in [0, 0.1) is 0 Å². The molecular formula is C36H31N5O3. The fraction of sp³-hybridized carbons (Fsp3) is 0.167. The summed E-state index contributed by atoms with van der Waals surface area (Å²) < 4.78 is 0. The number of benzene rings is 3. The molecule has 0 radical (unpaired) electrons. The van der Waals surface area contributed by atoms with Crippen LogP contribution in [0.1, 0.15) is 58.0 Å². The number of carbonyl (C=O) groups excluding carboxylic acids is 2. The number of aliphatic imine (C=N–C) groups is 1. The minimum absolute atomic E-state index is 0.161. The predicted octanol–water partition coefficient (Wildman–Crippen LogP) is 5.98. The average Bonchev–Trinajstić information content (AvgIpc) is 3.30. The first-order valence-electron chi connectivity index (χ1n) is 14.6. The third-order valence-electron chi connectivity index (χ3n) is 8.81. The average molecular weight is 582 g/mol. The van der Waals surface area contributed by atoms with Gasteiger partial charge in [-0.05, 0) is 41.8 Å².